The van der Waals surface area contributed by atoms with E-state index in [4.69, 9.17) is 0 Å². The maximum Gasteiger partial charge on any atom is 0.242 e. The number of fused-ring (bicyclic) bond motifs is 1. The number of hydrogen-bond donors (Lipinski definition) is 2. The molecule has 1 aromatic heterocycles. The topological polar surface area (TPSA) is 73.9 Å². The Balaban J connectivity index is 1.29. The highest BCUT2D eigenvalue weighted by Crippen LogP contribution is 2.30. The average Bonchev–Trinajstić information content (AvgIpc) is 3.35. The van der Waals surface area contributed by atoms with E-state index in [1.54, 1.807) is 4.90 Å². The molecule has 0 spiro atoms. The van der Waals surface area contributed by atoms with Crippen molar-refractivity contribution in [2.75, 3.05) is 16.0 Å². The first-order valence-corrected chi connectivity index (χ1v) is 12.4. The summed E-state index contributed by atoms with van der Waals surface area (Å²) in [5.74, 6) is 0.890. The van der Waals surface area contributed by atoms with Crippen LogP contribution in [0.2, 0.25) is 0 Å². The number of aromatic nitrogens is 3. The van der Waals surface area contributed by atoms with Crippen LogP contribution < -0.4 is 10.2 Å². The quantitative estimate of drug-likeness (QED) is 0.254. The average molecular weight is 480 g/mol. The minimum atomic E-state index is -0.0410. The van der Waals surface area contributed by atoms with Gasteiger partial charge in [0.05, 0.1) is 12.3 Å². The third kappa shape index (κ3) is 5.53. The van der Waals surface area contributed by atoms with Crippen LogP contribution in [0.3, 0.4) is 0 Å². The van der Waals surface area contributed by atoms with Crippen molar-refractivity contribution < 1.29 is 4.79 Å². The van der Waals surface area contributed by atoms with Crippen LogP contribution in [0.1, 0.15) is 11.4 Å². The monoisotopic (exact) mass is 479 g/mol. The molecule has 4 aromatic carbocycles. The zero-order chi connectivity index (χ0) is 24.0. The summed E-state index contributed by atoms with van der Waals surface area (Å²) in [5.41, 5.74) is 3.88. The molecule has 0 fully saturated rings. The van der Waals surface area contributed by atoms with E-state index >= 15 is 0 Å². The number of H-pyrrole nitrogens is 1. The molecule has 0 aliphatic carbocycles. The predicted molar refractivity (Wildman–Crippen MR) is 143 cm³/mol. The van der Waals surface area contributed by atoms with Crippen LogP contribution in [0.15, 0.2) is 102 Å². The van der Waals surface area contributed by atoms with E-state index in [0.717, 1.165) is 33.7 Å². The maximum absolute atomic E-state index is 13.4. The molecule has 0 radical (unpaired) electrons. The Hall–Kier alpha value is -4.10. The van der Waals surface area contributed by atoms with Crippen LogP contribution in [0.4, 0.5) is 17.1 Å². The molecule has 5 aromatic rings. The van der Waals surface area contributed by atoms with Crippen LogP contribution in [0.5, 0.6) is 0 Å². The molecule has 0 aliphatic heterocycles. The molecule has 2 N–H and O–H groups in total. The molecular weight excluding hydrogens is 454 g/mol. The summed E-state index contributed by atoms with van der Waals surface area (Å²) < 4.78 is 0. The van der Waals surface area contributed by atoms with Crippen LogP contribution >= 0.6 is 11.8 Å². The Kier molecular flexibility index (Phi) is 6.77. The predicted octanol–water partition coefficient (Wildman–Crippen LogP) is 6.34. The lowest BCUT2D eigenvalue weighted by Gasteiger charge is -2.23. The lowest BCUT2D eigenvalue weighted by atomic mass is 10.1. The van der Waals surface area contributed by atoms with Gasteiger partial charge in [0.2, 0.25) is 11.1 Å². The Morgan fingerprint density at radius 2 is 1.69 bits per heavy atom. The summed E-state index contributed by atoms with van der Waals surface area (Å²) in [5, 5.41) is 13.3. The Labute approximate surface area is 208 Å². The molecule has 1 heterocycles. The van der Waals surface area contributed by atoms with E-state index in [-0.39, 0.29) is 11.7 Å². The van der Waals surface area contributed by atoms with Crippen molar-refractivity contribution in [2.24, 2.45) is 0 Å². The van der Waals surface area contributed by atoms with Gasteiger partial charge in [-0.1, -0.05) is 72.4 Å². The van der Waals surface area contributed by atoms with E-state index in [2.05, 4.69) is 51.7 Å². The van der Waals surface area contributed by atoms with Gasteiger partial charge in [0.1, 0.15) is 5.82 Å². The van der Waals surface area contributed by atoms with Gasteiger partial charge >= 0.3 is 0 Å². The molecule has 35 heavy (non-hydrogen) atoms. The second kappa shape index (κ2) is 10.4. The first-order chi connectivity index (χ1) is 17.2. The van der Waals surface area contributed by atoms with Gasteiger partial charge in [-0.2, -0.15) is 0 Å². The molecule has 6 nitrogen and oxygen atoms in total. The van der Waals surface area contributed by atoms with Gasteiger partial charge in [-0.05, 0) is 59.7 Å². The number of aromatic amines is 1. The number of nitrogens with zero attached hydrogens (tertiary/aromatic N) is 3. The lowest BCUT2D eigenvalue weighted by Crippen LogP contribution is -2.27. The molecule has 0 atom stereocenters. The number of anilines is 3. The molecule has 0 aliphatic rings. The van der Waals surface area contributed by atoms with Gasteiger partial charge in [0, 0.05) is 17.1 Å². The van der Waals surface area contributed by atoms with Crippen molar-refractivity contribution in [3.05, 3.63) is 108 Å². The summed E-state index contributed by atoms with van der Waals surface area (Å²) in [6.07, 6.45) is 0. The van der Waals surface area contributed by atoms with Crippen molar-refractivity contribution in [1.82, 2.24) is 15.2 Å². The van der Waals surface area contributed by atoms with Crippen molar-refractivity contribution in [1.29, 1.82) is 0 Å². The Bertz CT molecular complexity index is 1450. The molecule has 0 saturated carbocycles. The summed E-state index contributed by atoms with van der Waals surface area (Å²) in [4.78, 5) is 19.7. The van der Waals surface area contributed by atoms with Crippen LogP contribution in [0.25, 0.3) is 10.8 Å². The van der Waals surface area contributed by atoms with E-state index < -0.39 is 0 Å². The summed E-state index contributed by atoms with van der Waals surface area (Å²) >= 11 is 1.32. The van der Waals surface area contributed by atoms with Gasteiger partial charge in [0.25, 0.3) is 0 Å². The third-order valence-corrected chi connectivity index (χ3v) is 6.40. The minimum absolute atomic E-state index is 0.0410. The normalized spacial score (nSPS) is 10.9. The van der Waals surface area contributed by atoms with Gasteiger partial charge in [-0.25, -0.2) is 4.98 Å². The number of hydrogen-bond acceptors (Lipinski definition) is 5. The Morgan fingerprint density at radius 3 is 2.51 bits per heavy atom. The number of rotatable bonds is 8. The number of carbonyl (C=O) groups is 1. The molecule has 0 unspecified atom stereocenters. The molecule has 1 amide bonds. The highest BCUT2D eigenvalue weighted by Gasteiger charge is 2.19. The number of carbonyl (C=O) groups excluding carboxylic acids is 1. The van der Waals surface area contributed by atoms with Crippen LogP contribution in [-0.2, 0) is 11.3 Å². The largest absolute Gasteiger partial charge is 0.378 e. The number of thioether (sulfide) groups is 1. The van der Waals surface area contributed by atoms with Crippen molar-refractivity contribution in [3.63, 3.8) is 0 Å². The second-order valence-corrected chi connectivity index (χ2v) is 9.12. The smallest absolute Gasteiger partial charge is 0.242 e. The fraction of sp³-hybridized carbons (Fsp3) is 0.107. The first-order valence-electron chi connectivity index (χ1n) is 11.4. The molecule has 0 bridgehead atoms. The van der Waals surface area contributed by atoms with Crippen LogP contribution in [0, 0.1) is 6.92 Å². The number of amides is 1. The van der Waals surface area contributed by atoms with E-state index in [1.165, 1.54) is 17.3 Å². The SMILES string of the molecule is Cc1cccc(NCc2nc(SCC(=O)N(c3ccccc3)c3ccc4ccccc4c3)n[nH]2)c1. The number of benzene rings is 4. The zero-order valence-corrected chi connectivity index (χ0v) is 20.1. The minimum Gasteiger partial charge on any atom is -0.378 e. The van der Waals surface area contributed by atoms with Gasteiger partial charge in [-0.15, -0.1) is 5.10 Å². The fourth-order valence-electron chi connectivity index (χ4n) is 3.88. The highest BCUT2D eigenvalue weighted by molar-refractivity contribution is 7.99. The van der Waals surface area contributed by atoms with E-state index in [9.17, 15) is 4.79 Å². The number of para-hydroxylation sites is 1. The standard InChI is InChI=1S/C28H25N5OS/c1-20-8-7-11-23(16-20)29-18-26-30-28(32-31-26)35-19-27(34)33(24-12-3-2-4-13-24)25-15-14-21-9-5-6-10-22(21)17-25/h2-17,29H,18-19H2,1H3,(H,30,31,32). The molecule has 0 saturated heterocycles. The van der Waals surface area contributed by atoms with Gasteiger partial charge < -0.3 is 5.32 Å². The van der Waals surface area contributed by atoms with E-state index in [0.29, 0.717) is 11.7 Å². The number of nitrogens with one attached hydrogen (secondary N) is 2. The highest BCUT2D eigenvalue weighted by atomic mass is 32.2. The maximum atomic E-state index is 13.4. The molecule has 174 valence electrons. The summed E-state index contributed by atoms with van der Waals surface area (Å²) in [6, 6.07) is 32.1. The first kappa shape index (κ1) is 22.7. The van der Waals surface area contributed by atoms with Crippen molar-refractivity contribution >= 4 is 45.5 Å². The van der Waals surface area contributed by atoms with Crippen molar-refractivity contribution in [3.8, 4) is 0 Å². The van der Waals surface area contributed by atoms with Gasteiger partial charge in [0.15, 0.2) is 0 Å². The van der Waals surface area contributed by atoms with Crippen molar-refractivity contribution in [2.45, 2.75) is 18.6 Å². The third-order valence-electron chi connectivity index (χ3n) is 5.57. The summed E-state index contributed by atoms with van der Waals surface area (Å²) in [6.45, 7) is 2.58. The van der Waals surface area contributed by atoms with E-state index in [1.807, 2.05) is 72.8 Å². The number of aryl methyl sites for hydroxylation is 1. The molecular formula is C28H25N5OS. The molecule has 7 heteroatoms. The fourth-order valence-corrected chi connectivity index (χ4v) is 4.55. The second-order valence-electron chi connectivity index (χ2n) is 8.17. The van der Waals surface area contributed by atoms with Crippen LogP contribution in [-0.4, -0.2) is 26.8 Å². The lowest BCUT2D eigenvalue weighted by molar-refractivity contribution is -0.115. The molecule has 5 rings (SSSR count). The zero-order valence-electron chi connectivity index (χ0n) is 19.3. The summed E-state index contributed by atoms with van der Waals surface area (Å²) in [7, 11) is 0. The van der Waals surface area contributed by atoms with Gasteiger partial charge in [-0.3, -0.25) is 14.8 Å². The Morgan fingerprint density at radius 1 is 0.886 bits per heavy atom.